The van der Waals surface area contributed by atoms with E-state index in [0.29, 0.717) is 22.2 Å². The van der Waals surface area contributed by atoms with Crippen LogP contribution in [-0.4, -0.2) is 10.5 Å². The summed E-state index contributed by atoms with van der Waals surface area (Å²) in [5.41, 5.74) is 8.11. The van der Waals surface area contributed by atoms with Crippen LogP contribution in [0.25, 0.3) is 33.1 Å². The average Bonchev–Trinajstić information content (AvgIpc) is 3.37. The van der Waals surface area contributed by atoms with Crippen LogP contribution in [0.15, 0.2) is 77.4 Å². The average molecular weight is 402 g/mol. The van der Waals surface area contributed by atoms with E-state index < -0.39 is 17.5 Å². The van der Waals surface area contributed by atoms with E-state index in [2.05, 4.69) is 0 Å². The molecule has 2 heterocycles. The molecule has 0 saturated heterocycles. The molecule has 5 rings (SSSR count). The van der Waals surface area contributed by atoms with Gasteiger partial charge in [-0.3, -0.25) is 4.79 Å². The fourth-order valence-corrected chi connectivity index (χ4v) is 3.96. The summed E-state index contributed by atoms with van der Waals surface area (Å²) in [6.45, 7) is -0.0394. The summed E-state index contributed by atoms with van der Waals surface area (Å²) >= 11 is 0. The summed E-state index contributed by atoms with van der Waals surface area (Å²) in [5, 5.41) is 1.43. The minimum atomic E-state index is -0.627. The third-order valence-electron chi connectivity index (χ3n) is 5.34. The van der Waals surface area contributed by atoms with Crippen molar-refractivity contribution < 1.29 is 18.0 Å². The van der Waals surface area contributed by atoms with Crippen LogP contribution in [0.1, 0.15) is 15.9 Å². The third kappa shape index (κ3) is 2.76. The number of amides is 1. The molecule has 1 amide bonds. The number of nitrogens with two attached hydrogens (primary N) is 1. The maximum Gasteiger partial charge on any atom is 0.249 e. The number of hydrogen-bond donors (Lipinski definition) is 1. The van der Waals surface area contributed by atoms with Crippen LogP contribution in [0.3, 0.4) is 0 Å². The highest BCUT2D eigenvalue weighted by Crippen LogP contribution is 2.35. The van der Waals surface area contributed by atoms with Crippen LogP contribution in [0.2, 0.25) is 0 Å². The predicted molar refractivity (Wildman–Crippen MR) is 111 cm³/mol. The highest BCUT2D eigenvalue weighted by Gasteiger charge is 2.19. The van der Waals surface area contributed by atoms with Gasteiger partial charge in [-0.15, -0.1) is 0 Å². The number of rotatable bonds is 4. The van der Waals surface area contributed by atoms with Gasteiger partial charge in [-0.25, -0.2) is 8.78 Å². The van der Waals surface area contributed by atoms with Crippen molar-refractivity contribution in [3.05, 3.63) is 95.8 Å². The molecule has 0 fully saturated rings. The highest BCUT2D eigenvalue weighted by atomic mass is 19.1. The maximum atomic E-state index is 14.4. The summed E-state index contributed by atoms with van der Waals surface area (Å²) in [5.74, 6) is -1.15. The van der Waals surface area contributed by atoms with Gasteiger partial charge in [0.1, 0.15) is 17.4 Å². The van der Waals surface area contributed by atoms with Gasteiger partial charge in [-0.2, -0.15) is 0 Å². The molecule has 5 aromatic rings. The van der Waals surface area contributed by atoms with Gasteiger partial charge < -0.3 is 14.7 Å². The molecule has 0 aliphatic heterocycles. The number of fused-ring (bicyclic) bond motifs is 3. The van der Waals surface area contributed by atoms with Crippen molar-refractivity contribution in [1.82, 2.24) is 4.57 Å². The summed E-state index contributed by atoms with van der Waals surface area (Å²) in [7, 11) is 0. The second-order valence-corrected chi connectivity index (χ2v) is 7.06. The predicted octanol–water partition coefficient (Wildman–Crippen LogP) is 5.48. The molecule has 6 heteroatoms. The lowest BCUT2D eigenvalue weighted by atomic mass is 10.0. The number of aromatic nitrogens is 1. The third-order valence-corrected chi connectivity index (χ3v) is 5.34. The molecule has 0 atom stereocenters. The quantitative estimate of drug-likeness (QED) is 0.433. The zero-order valence-corrected chi connectivity index (χ0v) is 15.7. The van der Waals surface area contributed by atoms with E-state index in [9.17, 15) is 13.6 Å². The van der Waals surface area contributed by atoms with Crippen molar-refractivity contribution in [1.29, 1.82) is 0 Å². The SMILES string of the molecule is NC(=O)c1cccc2c1c1ccc(-c3ccco3)cc1n2Cc1c(F)cccc1F. The normalized spacial score (nSPS) is 11.4. The van der Waals surface area contributed by atoms with E-state index in [1.807, 2.05) is 30.3 Å². The van der Waals surface area contributed by atoms with E-state index in [-0.39, 0.29) is 12.1 Å². The Hall–Kier alpha value is -3.93. The molecule has 0 bridgehead atoms. The number of carbonyl (C=O) groups excluding carboxylic acids is 1. The second-order valence-electron chi connectivity index (χ2n) is 7.06. The van der Waals surface area contributed by atoms with Gasteiger partial charge in [0, 0.05) is 27.5 Å². The smallest absolute Gasteiger partial charge is 0.249 e. The first kappa shape index (κ1) is 18.1. The van der Waals surface area contributed by atoms with Crippen molar-refractivity contribution in [3.63, 3.8) is 0 Å². The number of nitrogens with zero attached hydrogens (tertiary/aromatic N) is 1. The first-order valence-corrected chi connectivity index (χ1v) is 9.36. The molecule has 4 nitrogen and oxygen atoms in total. The number of hydrogen-bond acceptors (Lipinski definition) is 2. The highest BCUT2D eigenvalue weighted by molar-refractivity contribution is 6.18. The number of primary amides is 1. The minimum absolute atomic E-state index is 0.0394. The van der Waals surface area contributed by atoms with Gasteiger partial charge in [0.05, 0.1) is 23.8 Å². The lowest BCUT2D eigenvalue weighted by Gasteiger charge is -2.10. The standard InChI is InChI=1S/C24H16F2N2O2/c25-18-5-2-6-19(26)17(18)13-28-20-7-1-4-16(24(27)29)23(20)15-10-9-14(12-21(15)28)22-8-3-11-30-22/h1-12H,13H2,(H2,27,29). The first-order valence-electron chi connectivity index (χ1n) is 9.36. The summed E-state index contributed by atoms with van der Waals surface area (Å²) in [6, 6.07) is 18.2. The summed E-state index contributed by atoms with van der Waals surface area (Å²) < 4.78 is 36.1. The topological polar surface area (TPSA) is 61.2 Å². The second kappa shape index (κ2) is 6.84. The molecule has 2 aromatic heterocycles. The number of benzene rings is 3. The molecular weight excluding hydrogens is 386 g/mol. The van der Waals surface area contributed by atoms with Crippen molar-refractivity contribution in [2.45, 2.75) is 6.54 Å². The molecule has 0 aliphatic rings. The van der Waals surface area contributed by atoms with Crippen molar-refractivity contribution in [2.75, 3.05) is 0 Å². The van der Waals surface area contributed by atoms with E-state index in [0.717, 1.165) is 16.5 Å². The molecule has 3 aromatic carbocycles. The molecule has 0 radical (unpaired) electrons. The zero-order chi connectivity index (χ0) is 20.8. The molecular formula is C24H16F2N2O2. The molecule has 0 spiro atoms. The van der Waals surface area contributed by atoms with E-state index in [1.165, 1.54) is 18.2 Å². The van der Waals surface area contributed by atoms with Crippen LogP contribution in [0, 0.1) is 11.6 Å². The Balaban J connectivity index is 1.85. The van der Waals surface area contributed by atoms with Crippen molar-refractivity contribution in [3.8, 4) is 11.3 Å². The van der Waals surface area contributed by atoms with Gasteiger partial charge >= 0.3 is 0 Å². The van der Waals surface area contributed by atoms with Crippen molar-refractivity contribution in [2.24, 2.45) is 5.73 Å². The zero-order valence-electron chi connectivity index (χ0n) is 15.7. The van der Waals surface area contributed by atoms with Crippen LogP contribution in [0.5, 0.6) is 0 Å². The molecule has 0 saturated carbocycles. The fraction of sp³-hybridized carbons (Fsp3) is 0.0417. The number of carbonyl (C=O) groups is 1. The minimum Gasteiger partial charge on any atom is -0.464 e. The first-order chi connectivity index (χ1) is 14.5. The Morgan fingerprint density at radius 2 is 1.70 bits per heavy atom. The molecule has 0 unspecified atom stereocenters. The van der Waals surface area contributed by atoms with Crippen LogP contribution >= 0.6 is 0 Å². The maximum absolute atomic E-state index is 14.4. The van der Waals surface area contributed by atoms with E-state index in [4.69, 9.17) is 10.2 Å². The monoisotopic (exact) mass is 402 g/mol. The molecule has 0 aliphatic carbocycles. The number of furan rings is 1. The lowest BCUT2D eigenvalue weighted by molar-refractivity contribution is 0.100. The van der Waals surface area contributed by atoms with Gasteiger partial charge in [0.2, 0.25) is 5.91 Å². The van der Waals surface area contributed by atoms with Crippen LogP contribution < -0.4 is 5.73 Å². The van der Waals surface area contributed by atoms with Gasteiger partial charge in [0.15, 0.2) is 0 Å². The van der Waals surface area contributed by atoms with Crippen LogP contribution in [0.4, 0.5) is 8.78 Å². The largest absolute Gasteiger partial charge is 0.464 e. The Bertz CT molecular complexity index is 1400. The van der Waals surface area contributed by atoms with E-state index in [1.54, 1.807) is 29.0 Å². The Morgan fingerprint density at radius 3 is 2.40 bits per heavy atom. The Morgan fingerprint density at radius 1 is 0.933 bits per heavy atom. The lowest BCUT2D eigenvalue weighted by Crippen LogP contribution is -2.11. The van der Waals surface area contributed by atoms with Gasteiger partial charge in [-0.1, -0.05) is 24.3 Å². The fourth-order valence-electron chi connectivity index (χ4n) is 3.96. The summed E-state index contributed by atoms with van der Waals surface area (Å²) in [4.78, 5) is 12.1. The van der Waals surface area contributed by atoms with E-state index >= 15 is 0 Å². The molecule has 148 valence electrons. The van der Waals surface area contributed by atoms with Crippen LogP contribution in [-0.2, 0) is 6.54 Å². The molecule has 30 heavy (non-hydrogen) atoms. The van der Waals surface area contributed by atoms with Gasteiger partial charge in [-0.05, 0) is 42.5 Å². The Kier molecular flexibility index (Phi) is 4.13. The number of halogens is 2. The summed E-state index contributed by atoms with van der Waals surface area (Å²) in [6.07, 6.45) is 1.58. The Labute approximate surface area is 170 Å². The van der Waals surface area contributed by atoms with Gasteiger partial charge in [0.25, 0.3) is 0 Å². The molecule has 2 N–H and O–H groups in total. The van der Waals surface area contributed by atoms with Crippen molar-refractivity contribution >= 4 is 27.7 Å².